The molecule has 1 aromatic rings. The van der Waals surface area contributed by atoms with Gasteiger partial charge in [0.1, 0.15) is 0 Å². The number of carboxylic acid groups (broad SMARTS) is 1. The summed E-state index contributed by atoms with van der Waals surface area (Å²) in [6.07, 6.45) is 1.38. The van der Waals surface area contributed by atoms with E-state index in [0.717, 1.165) is 12.2 Å². The van der Waals surface area contributed by atoms with E-state index >= 15 is 0 Å². The Morgan fingerprint density at radius 1 is 1.40 bits per heavy atom. The second-order valence-electron chi connectivity index (χ2n) is 4.61. The Morgan fingerprint density at radius 2 is 2.15 bits per heavy atom. The van der Waals surface area contributed by atoms with Crippen molar-refractivity contribution in [2.75, 3.05) is 34.0 Å². The van der Waals surface area contributed by atoms with Gasteiger partial charge in [-0.3, -0.25) is 9.88 Å². The van der Waals surface area contributed by atoms with Crippen molar-refractivity contribution in [3.63, 3.8) is 0 Å². The molecule has 0 aromatic carbocycles. The maximum absolute atomic E-state index is 10.8. The summed E-state index contributed by atoms with van der Waals surface area (Å²) in [7, 11) is 3.34. The fourth-order valence-electron chi connectivity index (χ4n) is 1.86. The van der Waals surface area contributed by atoms with Crippen molar-refractivity contribution in [3.8, 4) is 0 Å². The van der Waals surface area contributed by atoms with E-state index in [1.165, 1.54) is 6.20 Å². The average molecular weight is 282 g/mol. The van der Waals surface area contributed by atoms with E-state index in [2.05, 4.69) is 16.8 Å². The number of carboxylic acids is 1. The first-order chi connectivity index (χ1) is 9.58. The second-order valence-corrected chi connectivity index (χ2v) is 4.61. The lowest BCUT2D eigenvalue weighted by atomic mass is 10.2. The van der Waals surface area contributed by atoms with Crippen LogP contribution in [0.15, 0.2) is 18.3 Å². The lowest BCUT2D eigenvalue weighted by Crippen LogP contribution is -2.38. The van der Waals surface area contributed by atoms with Crippen LogP contribution in [-0.4, -0.2) is 61.0 Å². The first kappa shape index (κ1) is 16.6. The Morgan fingerprint density at radius 3 is 2.65 bits per heavy atom. The van der Waals surface area contributed by atoms with Gasteiger partial charge >= 0.3 is 5.97 Å². The topological polar surface area (TPSA) is 71.9 Å². The van der Waals surface area contributed by atoms with Crippen LogP contribution in [0.5, 0.6) is 0 Å². The molecule has 0 fully saturated rings. The van der Waals surface area contributed by atoms with Crippen molar-refractivity contribution in [2.24, 2.45) is 0 Å². The molecule has 0 aliphatic carbocycles. The molecule has 1 aromatic heterocycles. The summed E-state index contributed by atoms with van der Waals surface area (Å²) in [5.74, 6) is -0.965. The predicted octanol–water partition coefficient (Wildman–Crippen LogP) is 1.26. The van der Waals surface area contributed by atoms with Crippen molar-refractivity contribution >= 4 is 5.97 Å². The van der Waals surface area contributed by atoms with E-state index in [-0.39, 0.29) is 11.6 Å². The molecule has 1 N–H and O–H groups in total. The number of carbonyl (C=O) groups is 1. The van der Waals surface area contributed by atoms with Crippen LogP contribution in [0.2, 0.25) is 0 Å². The highest BCUT2D eigenvalue weighted by molar-refractivity contribution is 5.87. The van der Waals surface area contributed by atoms with Crippen molar-refractivity contribution in [2.45, 2.75) is 19.5 Å². The van der Waals surface area contributed by atoms with E-state index < -0.39 is 5.97 Å². The van der Waals surface area contributed by atoms with Gasteiger partial charge in [0.2, 0.25) is 0 Å². The maximum atomic E-state index is 10.8. The highest BCUT2D eigenvalue weighted by Gasteiger charge is 2.15. The number of hydrogen-bond acceptors (Lipinski definition) is 5. The normalized spacial score (nSPS) is 12.6. The van der Waals surface area contributed by atoms with Crippen LogP contribution < -0.4 is 0 Å². The lowest BCUT2D eigenvalue weighted by Gasteiger charge is -2.28. The van der Waals surface area contributed by atoms with Gasteiger partial charge in [-0.2, -0.15) is 0 Å². The molecule has 0 radical (unpaired) electrons. The number of rotatable bonds is 9. The summed E-state index contributed by atoms with van der Waals surface area (Å²) in [5, 5.41) is 8.85. The van der Waals surface area contributed by atoms with E-state index in [4.69, 9.17) is 14.6 Å². The Bertz CT molecular complexity index is 408. The van der Waals surface area contributed by atoms with Gasteiger partial charge in [0.05, 0.1) is 24.5 Å². The van der Waals surface area contributed by atoms with Crippen molar-refractivity contribution in [3.05, 3.63) is 29.6 Å². The van der Waals surface area contributed by atoms with Crippen LogP contribution >= 0.6 is 0 Å². The van der Waals surface area contributed by atoms with Crippen LogP contribution in [0.3, 0.4) is 0 Å². The summed E-state index contributed by atoms with van der Waals surface area (Å²) < 4.78 is 10.3. The zero-order valence-electron chi connectivity index (χ0n) is 12.2. The fraction of sp³-hybridized carbons (Fsp3) is 0.571. The van der Waals surface area contributed by atoms with E-state index in [1.54, 1.807) is 26.4 Å². The summed E-state index contributed by atoms with van der Waals surface area (Å²) >= 11 is 0. The second kappa shape index (κ2) is 8.63. The number of methoxy groups -OCH3 is 2. The number of ether oxygens (including phenoxy) is 2. The third-order valence-electron chi connectivity index (χ3n) is 3.05. The van der Waals surface area contributed by atoms with Gasteiger partial charge in [-0.1, -0.05) is 0 Å². The third kappa shape index (κ3) is 5.24. The molecule has 0 aliphatic rings. The smallest absolute Gasteiger partial charge is 0.337 e. The first-order valence-electron chi connectivity index (χ1n) is 6.48. The molecule has 6 nitrogen and oxygen atoms in total. The minimum absolute atomic E-state index is 0.196. The standard InChI is InChI=1S/C14H22N2O4/c1-11(10-20-3)16(6-7-19-2)9-13-5-4-12(8-15-13)14(17)18/h4-5,8,11H,6-7,9-10H2,1-3H3,(H,17,18). The molecule has 1 heterocycles. The van der Waals surface area contributed by atoms with Crippen LogP contribution in [0.25, 0.3) is 0 Å². The Labute approximate surface area is 119 Å². The highest BCUT2D eigenvalue weighted by atomic mass is 16.5. The largest absolute Gasteiger partial charge is 0.478 e. The number of aromatic carboxylic acids is 1. The van der Waals surface area contributed by atoms with E-state index in [9.17, 15) is 4.79 Å². The van der Waals surface area contributed by atoms with Gasteiger partial charge in [0.25, 0.3) is 0 Å². The number of pyridine rings is 1. The van der Waals surface area contributed by atoms with Gasteiger partial charge in [0, 0.05) is 39.5 Å². The molecular weight excluding hydrogens is 260 g/mol. The summed E-state index contributed by atoms with van der Waals surface area (Å²) in [6, 6.07) is 3.54. The first-order valence-corrected chi connectivity index (χ1v) is 6.48. The van der Waals surface area contributed by atoms with E-state index in [0.29, 0.717) is 19.8 Å². The molecule has 1 unspecified atom stereocenters. The minimum atomic E-state index is -0.965. The third-order valence-corrected chi connectivity index (χ3v) is 3.05. The molecule has 0 amide bonds. The minimum Gasteiger partial charge on any atom is -0.478 e. The molecule has 0 aliphatic heterocycles. The molecule has 112 valence electrons. The molecule has 1 rings (SSSR count). The molecular formula is C14H22N2O4. The number of aromatic nitrogens is 1. The average Bonchev–Trinajstić information content (AvgIpc) is 2.44. The van der Waals surface area contributed by atoms with Crippen LogP contribution in [-0.2, 0) is 16.0 Å². The molecule has 0 spiro atoms. The molecule has 0 saturated carbocycles. The predicted molar refractivity (Wildman–Crippen MR) is 74.8 cm³/mol. The van der Waals surface area contributed by atoms with Crippen molar-refractivity contribution in [1.29, 1.82) is 0 Å². The zero-order chi connectivity index (χ0) is 15.0. The number of nitrogens with zero attached hydrogens (tertiary/aromatic N) is 2. The Balaban J connectivity index is 2.69. The molecule has 1 atom stereocenters. The summed E-state index contributed by atoms with van der Waals surface area (Å²) in [6.45, 7) is 4.72. The van der Waals surface area contributed by atoms with Gasteiger partial charge < -0.3 is 14.6 Å². The summed E-state index contributed by atoms with van der Waals surface area (Å²) in [5.41, 5.74) is 1.02. The van der Waals surface area contributed by atoms with E-state index in [1.807, 2.05) is 0 Å². The Hall–Kier alpha value is -1.50. The van der Waals surface area contributed by atoms with Gasteiger partial charge in [-0.05, 0) is 19.1 Å². The quantitative estimate of drug-likeness (QED) is 0.735. The highest BCUT2D eigenvalue weighted by Crippen LogP contribution is 2.08. The monoisotopic (exact) mass is 282 g/mol. The summed E-state index contributed by atoms with van der Waals surface area (Å²) in [4.78, 5) is 17.2. The lowest BCUT2D eigenvalue weighted by molar-refractivity contribution is 0.0691. The van der Waals surface area contributed by atoms with Gasteiger partial charge in [-0.25, -0.2) is 4.79 Å². The van der Waals surface area contributed by atoms with Gasteiger partial charge in [-0.15, -0.1) is 0 Å². The molecule has 0 saturated heterocycles. The molecule has 6 heteroatoms. The van der Waals surface area contributed by atoms with Crippen LogP contribution in [0, 0.1) is 0 Å². The number of hydrogen-bond donors (Lipinski definition) is 1. The SMILES string of the molecule is COCCN(Cc1ccc(C(=O)O)cn1)C(C)COC. The van der Waals surface area contributed by atoms with Crippen LogP contribution in [0.4, 0.5) is 0 Å². The van der Waals surface area contributed by atoms with Crippen molar-refractivity contribution in [1.82, 2.24) is 9.88 Å². The Kier molecular flexibility index (Phi) is 7.14. The fourth-order valence-corrected chi connectivity index (χ4v) is 1.86. The molecule has 0 bridgehead atoms. The van der Waals surface area contributed by atoms with Gasteiger partial charge in [0.15, 0.2) is 0 Å². The molecule has 20 heavy (non-hydrogen) atoms. The van der Waals surface area contributed by atoms with Crippen molar-refractivity contribution < 1.29 is 19.4 Å². The maximum Gasteiger partial charge on any atom is 0.337 e. The zero-order valence-corrected chi connectivity index (χ0v) is 12.2. The van der Waals surface area contributed by atoms with Crippen LogP contribution in [0.1, 0.15) is 23.0 Å².